The van der Waals surface area contributed by atoms with Crippen LogP contribution in [0.2, 0.25) is 0 Å². The fraction of sp³-hybridized carbons (Fsp3) is 0.385. The summed E-state index contributed by atoms with van der Waals surface area (Å²) in [6.07, 6.45) is 0.823. The van der Waals surface area contributed by atoms with Crippen molar-refractivity contribution in [3.05, 3.63) is 29.6 Å². The molecule has 1 aromatic rings. The third-order valence-electron chi connectivity index (χ3n) is 3.20. The number of rotatable bonds is 2. The molecule has 0 spiro atoms. The first-order valence-electron chi connectivity index (χ1n) is 6.00. The average molecular weight is 287 g/mol. The van der Waals surface area contributed by atoms with E-state index in [0.29, 0.717) is 12.5 Å². The summed E-state index contributed by atoms with van der Waals surface area (Å²) in [7, 11) is 1.14. The lowest BCUT2D eigenvalue weighted by Gasteiger charge is -2.33. The molecule has 0 aliphatic carbocycles. The minimum Gasteiger partial charge on any atom is -0.467 e. The number of ether oxygens (including phenoxy) is 1. The maximum absolute atomic E-state index is 13.8. The number of carbonyl (C=O) groups is 2. The van der Waals surface area contributed by atoms with Gasteiger partial charge in [-0.25, -0.2) is 18.0 Å². The third-order valence-corrected chi connectivity index (χ3v) is 3.20. The van der Waals surface area contributed by atoms with Crippen LogP contribution in [0.15, 0.2) is 12.1 Å². The van der Waals surface area contributed by atoms with Gasteiger partial charge in [-0.2, -0.15) is 0 Å². The van der Waals surface area contributed by atoms with Crippen LogP contribution in [0.1, 0.15) is 19.3 Å². The molecule has 1 saturated heterocycles. The number of methoxy groups -OCH3 is 1. The van der Waals surface area contributed by atoms with Gasteiger partial charge in [-0.15, -0.1) is 0 Å². The van der Waals surface area contributed by atoms with E-state index in [1.165, 1.54) is 0 Å². The van der Waals surface area contributed by atoms with Gasteiger partial charge in [0, 0.05) is 6.42 Å². The Morgan fingerprint density at radius 1 is 1.30 bits per heavy atom. The molecule has 4 nitrogen and oxygen atoms in total. The van der Waals surface area contributed by atoms with Gasteiger partial charge < -0.3 is 4.74 Å². The zero-order valence-electron chi connectivity index (χ0n) is 10.7. The molecule has 1 aliphatic heterocycles. The number of hydrogen-bond donors (Lipinski definition) is 0. The molecule has 0 aromatic heterocycles. The lowest BCUT2D eigenvalue weighted by atomic mass is 10.0. The highest BCUT2D eigenvalue weighted by Crippen LogP contribution is 2.30. The Kier molecular flexibility index (Phi) is 3.96. The van der Waals surface area contributed by atoms with E-state index in [2.05, 4.69) is 4.74 Å². The van der Waals surface area contributed by atoms with E-state index in [1.807, 2.05) is 0 Å². The second-order valence-electron chi connectivity index (χ2n) is 4.39. The number of amides is 1. The molecule has 2 rings (SSSR count). The van der Waals surface area contributed by atoms with Crippen LogP contribution < -0.4 is 4.90 Å². The molecule has 1 aromatic carbocycles. The number of hydrogen-bond acceptors (Lipinski definition) is 3. The fourth-order valence-corrected chi connectivity index (χ4v) is 2.23. The van der Waals surface area contributed by atoms with Crippen molar-refractivity contribution in [3.63, 3.8) is 0 Å². The maximum atomic E-state index is 13.8. The molecule has 1 unspecified atom stereocenters. The number of esters is 1. The number of benzene rings is 1. The van der Waals surface area contributed by atoms with Crippen molar-refractivity contribution in [2.24, 2.45) is 0 Å². The largest absolute Gasteiger partial charge is 0.467 e. The van der Waals surface area contributed by atoms with Gasteiger partial charge in [0.15, 0.2) is 17.5 Å². The molecule has 1 aliphatic rings. The van der Waals surface area contributed by atoms with E-state index in [0.717, 1.165) is 18.1 Å². The molecule has 1 heterocycles. The number of carbonyl (C=O) groups excluding carboxylic acids is 2. The predicted molar refractivity (Wildman–Crippen MR) is 63.5 cm³/mol. The normalized spacial score (nSPS) is 19.1. The van der Waals surface area contributed by atoms with Crippen LogP contribution >= 0.6 is 0 Å². The fourth-order valence-electron chi connectivity index (χ4n) is 2.23. The van der Waals surface area contributed by atoms with Crippen LogP contribution in [0.3, 0.4) is 0 Å². The molecule has 0 saturated carbocycles. The highest BCUT2D eigenvalue weighted by atomic mass is 19.2. The number of piperidine rings is 1. The van der Waals surface area contributed by atoms with Gasteiger partial charge in [-0.05, 0) is 25.0 Å². The second-order valence-corrected chi connectivity index (χ2v) is 4.39. The summed E-state index contributed by atoms with van der Waals surface area (Å²) >= 11 is 0. The molecule has 0 radical (unpaired) electrons. The summed E-state index contributed by atoms with van der Waals surface area (Å²) < 4.78 is 44.6. The van der Waals surface area contributed by atoms with Crippen LogP contribution in [-0.2, 0) is 14.3 Å². The average Bonchev–Trinajstić information content (AvgIpc) is 2.45. The molecular formula is C13H12F3NO3. The summed E-state index contributed by atoms with van der Waals surface area (Å²) in [5.74, 6) is -5.78. The predicted octanol–water partition coefficient (Wildman–Crippen LogP) is 2.16. The summed E-state index contributed by atoms with van der Waals surface area (Å²) in [5, 5.41) is 0. The van der Waals surface area contributed by atoms with Crippen LogP contribution in [0.5, 0.6) is 0 Å². The lowest BCUT2D eigenvalue weighted by Crippen LogP contribution is -2.49. The molecular weight excluding hydrogens is 275 g/mol. The quantitative estimate of drug-likeness (QED) is 0.618. The molecule has 1 amide bonds. The van der Waals surface area contributed by atoms with Crippen LogP contribution in [0.4, 0.5) is 18.9 Å². The molecule has 7 heteroatoms. The first kappa shape index (κ1) is 14.4. The summed E-state index contributed by atoms with van der Waals surface area (Å²) in [6.45, 7) is 0. The molecule has 108 valence electrons. The van der Waals surface area contributed by atoms with E-state index in [4.69, 9.17) is 0 Å². The second kappa shape index (κ2) is 5.52. The topological polar surface area (TPSA) is 46.6 Å². The van der Waals surface area contributed by atoms with E-state index in [-0.39, 0.29) is 12.8 Å². The van der Waals surface area contributed by atoms with Gasteiger partial charge in [0.25, 0.3) is 0 Å². The minimum atomic E-state index is -1.68. The number of nitrogens with zero attached hydrogens (tertiary/aromatic N) is 1. The standard InChI is InChI=1S/C13H12F3NO3/c1-20-13(19)9-3-2-4-10(18)17(9)8-6-5-7(14)11(15)12(8)16/h5-6,9H,2-4H2,1H3. The van der Waals surface area contributed by atoms with E-state index in [1.54, 1.807) is 0 Å². The molecule has 20 heavy (non-hydrogen) atoms. The zero-order chi connectivity index (χ0) is 14.9. The van der Waals surface area contributed by atoms with Crippen molar-refractivity contribution >= 4 is 17.6 Å². The smallest absolute Gasteiger partial charge is 0.328 e. The Bertz CT molecular complexity index is 562. The number of halogens is 3. The van der Waals surface area contributed by atoms with Gasteiger partial charge in [0.1, 0.15) is 6.04 Å². The van der Waals surface area contributed by atoms with Crippen LogP contribution in [0, 0.1) is 17.5 Å². The Morgan fingerprint density at radius 3 is 2.65 bits per heavy atom. The summed E-state index contributed by atoms with van der Waals surface area (Å²) in [5.41, 5.74) is -0.455. The number of anilines is 1. The van der Waals surface area contributed by atoms with Crippen molar-refractivity contribution in [2.75, 3.05) is 12.0 Å². The molecule has 1 fully saturated rings. The van der Waals surface area contributed by atoms with Gasteiger partial charge >= 0.3 is 5.97 Å². The monoisotopic (exact) mass is 287 g/mol. The van der Waals surface area contributed by atoms with Crippen molar-refractivity contribution in [1.82, 2.24) is 0 Å². The molecule has 0 N–H and O–H groups in total. The Hall–Kier alpha value is -2.05. The van der Waals surface area contributed by atoms with E-state index < -0.39 is 41.1 Å². The third kappa shape index (κ3) is 2.35. The van der Waals surface area contributed by atoms with Crippen LogP contribution in [0.25, 0.3) is 0 Å². The van der Waals surface area contributed by atoms with Crippen molar-refractivity contribution in [1.29, 1.82) is 0 Å². The first-order chi connectivity index (χ1) is 9.47. The van der Waals surface area contributed by atoms with Crippen molar-refractivity contribution in [3.8, 4) is 0 Å². The van der Waals surface area contributed by atoms with E-state index in [9.17, 15) is 22.8 Å². The van der Waals surface area contributed by atoms with Gasteiger partial charge in [0.05, 0.1) is 12.8 Å². The highest BCUT2D eigenvalue weighted by molar-refractivity contribution is 6.00. The van der Waals surface area contributed by atoms with Gasteiger partial charge in [0.2, 0.25) is 5.91 Å². The minimum absolute atomic E-state index is 0.103. The Balaban J connectivity index is 2.48. The zero-order valence-corrected chi connectivity index (χ0v) is 10.7. The summed E-state index contributed by atoms with van der Waals surface area (Å²) in [6, 6.07) is 0.622. The summed E-state index contributed by atoms with van der Waals surface area (Å²) in [4.78, 5) is 24.4. The van der Waals surface area contributed by atoms with E-state index >= 15 is 0 Å². The molecule has 1 atom stereocenters. The maximum Gasteiger partial charge on any atom is 0.328 e. The van der Waals surface area contributed by atoms with Crippen molar-refractivity contribution < 1.29 is 27.5 Å². The van der Waals surface area contributed by atoms with Crippen LogP contribution in [-0.4, -0.2) is 25.0 Å². The van der Waals surface area contributed by atoms with Gasteiger partial charge in [-0.3, -0.25) is 9.69 Å². The van der Waals surface area contributed by atoms with Gasteiger partial charge in [-0.1, -0.05) is 0 Å². The Labute approximate surface area is 113 Å². The Morgan fingerprint density at radius 2 is 2.00 bits per heavy atom. The molecule has 0 bridgehead atoms. The first-order valence-corrected chi connectivity index (χ1v) is 6.00. The van der Waals surface area contributed by atoms with Crippen molar-refractivity contribution in [2.45, 2.75) is 25.3 Å². The lowest BCUT2D eigenvalue weighted by molar-refractivity contribution is -0.144. The highest BCUT2D eigenvalue weighted by Gasteiger charge is 2.37. The SMILES string of the molecule is COC(=O)C1CCCC(=O)N1c1ccc(F)c(F)c1F.